The van der Waals surface area contributed by atoms with E-state index in [4.69, 9.17) is 9.72 Å². The predicted molar refractivity (Wildman–Crippen MR) is 85.4 cm³/mol. The van der Waals surface area contributed by atoms with Gasteiger partial charge in [0.05, 0.1) is 17.8 Å². The molecule has 0 bridgehead atoms. The molecule has 0 amide bonds. The van der Waals surface area contributed by atoms with Crippen LogP contribution in [0.5, 0.6) is 0 Å². The van der Waals surface area contributed by atoms with Gasteiger partial charge in [-0.1, -0.05) is 20.3 Å². The molecule has 1 aromatic rings. The lowest BCUT2D eigenvalue weighted by Crippen LogP contribution is -2.42. The van der Waals surface area contributed by atoms with E-state index in [1.807, 2.05) is 11.3 Å². The van der Waals surface area contributed by atoms with Crippen LogP contribution in [0.25, 0.3) is 0 Å². The molecule has 0 radical (unpaired) electrons. The van der Waals surface area contributed by atoms with Gasteiger partial charge in [-0.05, 0) is 38.5 Å². The summed E-state index contributed by atoms with van der Waals surface area (Å²) in [5, 5.41) is 5.07. The van der Waals surface area contributed by atoms with Crippen LogP contribution in [-0.2, 0) is 16.7 Å². The highest BCUT2D eigenvalue weighted by Gasteiger charge is 2.42. The number of hydrogen-bond donors (Lipinski definition) is 1. The van der Waals surface area contributed by atoms with Crippen LogP contribution in [0, 0.1) is 12.8 Å². The summed E-state index contributed by atoms with van der Waals surface area (Å²) in [6.45, 7) is 8.38. The summed E-state index contributed by atoms with van der Waals surface area (Å²) < 4.78 is 5.21. The van der Waals surface area contributed by atoms with E-state index in [1.54, 1.807) is 7.11 Å². The maximum Gasteiger partial charge on any atom is 0.113 e. The zero-order valence-corrected chi connectivity index (χ0v) is 14.1. The van der Waals surface area contributed by atoms with E-state index in [0.29, 0.717) is 0 Å². The Hall–Kier alpha value is -0.450. The second-order valence-corrected chi connectivity index (χ2v) is 7.10. The van der Waals surface area contributed by atoms with Crippen LogP contribution in [0.4, 0.5) is 0 Å². The number of ether oxygens (including phenoxy) is 1. The van der Waals surface area contributed by atoms with Crippen molar-refractivity contribution < 1.29 is 4.74 Å². The maximum atomic E-state index is 5.21. The van der Waals surface area contributed by atoms with Gasteiger partial charge in [-0.2, -0.15) is 0 Å². The molecule has 20 heavy (non-hydrogen) atoms. The molecule has 1 aromatic heterocycles. The average molecular weight is 296 g/mol. The molecule has 3 nitrogen and oxygen atoms in total. The van der Waals surface area contributed by atoms with Crippen LogP contribution in [0.3, 0.4) is 0 Å². The van der Waals surface area contributed by atoms with Crippen LogP contribution in [0.1, 0.15) is 55.1 Å². The molecule has 1 aliphatic rings. The fourth-order valence-corrected chi connectivity index (χ4v) is 4.49. The van der Waals surface area contributed by atoms with Gasteiger partial charge in [0, 0.05) is 18.5 Å². The lowest BCUT2D eigenvalue weighted by molar-refractivity contribution is 0.182. The molecule has 1 heterocycles. The Labute approximate surface area is 127 Å². The van der Waals surface area contributed by atoms with Crippen LogP contribution in [0.15, 0.2) is 0 Å². The standard InChI is InChI=1S/C16H28N2OS/c1-5-13-7-8-16(11-13,17-9-10-19-4)15-18-14(6-2)12(3)20-15/h13,17H,5-11H2,1-4H3. The number of aryl methyl sites for hydroxylation is 2. The molecule has 114 valence electrons. The normalized spacial score (nSPS) is 26.3. The van der Waals surface area contributed by atoms with E-state index >= 15 is 0 Å². The molecule has 2 atom stereocenters. The van der Waals surface area contributed by atoms with Gasteiger partial charge in [-0.15, -0.1) is 11.3 Å². The van der Waals surface area contributed by atoms with Crippen LogP contribution >= 0.6 is 11.3 Å². The van der Waals surface area contributed by atoms with Crippen LogP contribution in [-0.4, -0.2) is 25.2 Å². The van der Waals surface area contributed by atoms with Crippen molar-refractivity contribution in [3.63, 3.8) is 0 Å². The molecule has 0 aliphatic heterocycles. The summed E-state index contributed by atoms with van der Waals surface area (Å²) in [6, 6.07) is 0. The van der Waals surface area contributed by atoms with Crippen molar-refractivity contribution in [1.29, 1.82) is 0 Å². The summed E-state index contributed by atoms with van der Waals surface area (Å²) >= 11 is 1.89. The quantitative estimate of drug-likeness (QED) is 0.780. The first-order valence-electron chi connectivity index (χ1n) is 7.86. The van der Waals surface area contributed by atoms with E-state index in [1.165, 1.54) is 41.3 Å². The van der Waals surface area contributed by atoms with Gasteiger partial charge in [0.15, 0.2) is 0 Å². The minimum Gasteiger partial charge on any atom is -0.383 e. The Morgan fingerprint density at radius 1 is 1.45 bits per heavy atom. The molecule has 4 heteroatoms. The Morgan fingerprint density at radius 3 is 2.80 bits per heavy atom. The summed E-state index contributed by atoms with van der Waals surface area (Å²) in [5.41, 5.74) is 1.38. The van der Waals surface area contributed by atoms with Crippen molar-refractivity contribution in [2.75, 3.05) is 20.3 Å². The maximum absolute atomic E-state index is 5.21. The molecule has 2 unspecified atom stereocenters. The van der Waals surface area contributed by atoms with Crippen molar-refractivity contribution in [1.82, 2.24) is 10.3 Å². The van der Waals surface area contributed by atoms with Crippen molar-refractivity contribution >= 4 is 11.3 Å². The van der Waals surface area contributed by atoms with Crippen molar-refractivity contribution in [3.05, 3.63) is 15.6 Å². The van der Waals surface area contributed by atoms with Crippen molar-refractivity contribution in [3.8, 4) is 0 Å². The molecule has 1 saturated carbocycles. The molecule has 0 aromatic carbocycles. The van der Waals surface area contributed by atoms with Crippen LogP contribution in [0.2, 0.25) is 0 Å². The Kier molecular flexibility index (Phi) is 5.58. The summed E-state index contributed by atoms with van der Waals surface area (Å²) in [5.74, 6) is 0.833. The fourth-order valence-electron chi connectivity index (χ4n) is 3.28. The molecule has 0 spiro atoms. The number of nitrogens with zero attached hydrogens (tertiary/aromatic N) is 1. The van der Waals surface area contributed by atoms with E-state index in [-0.39, 0.29) is 5.54 Å². The summed E-state index contributed by atoms with van der Waals surface area (Å²) in [4.78, 5) is 6.33. The highest BCUT2D eigenvalue weighted by molar-refractivity contribution is 7.11. The SMILES string of the molecule is CCc1nc(C2(NCCOC)CCC(CC)C2)sc1C. The average Bonchev–Trinajstić information content (AvgIpc) is 3.03. The van der Waals surface area contributed by atoms with E-state index in [9.17, 15) is 0 Å². The summed E-state index contributed by atoms with van der Waals surface area (Å²) in [6.07, 6.45) is 6.07. The minimum absolute atomic E-state index is 0.0993. The highest BCUT2D eigenvalue weighted by Crippen LogP contribution is 2.45. The van der Waals surface area contributed by atoms with Gasteiger partial charge in [0.1, 0.15) is 5.01 Å². The molecule has 1 N–H and O–H groups in total. The number of nitrogens with one attached hydrogen (secondary N) is 1. The first-order valence-corrected chi connectivity index (χ1v) is 8.67. The third-order valence-electron chi connectivity index (χ3n) is 4.60. The van der Waals surface area contributed by atoms with E-state index in [0.717, 1.165) is 25.5 Å². The van der Waals surface area contributed by atoms with Gasteiger partial charge >= 0.3 is 0 Å². The van der Waals surface area contributed by atoms with Gasteiger partial charge in [0.25, 0.3) is 0 Å². The molecule has 2 rings (SSSR count). The number of aromatic nitrogens is 1. The third kappa shape index (κ3) is 3.23. The van der Waals surface area contributed by atoms with Gasteiger partial charge in [-0.3, -0.25) is 0 Å². The summed E-state index contributed by atoms with van der Waals surface area (Å²) in [7, 11) is 1.76. The minimum atomic E-state index is 0.0993. The number of rotatable bonds is 7. The lowest BCUT2D eigenvalue weighted by atomic mass is 9.95. The largest absolute Gasteiger partial charge is 0.383 e. The van der Waals surface area contributed by atoms with E-state index in [2.05, 4.69) is 26.1 Å². The van der Waals surface area contributed by atoms with Gasteiger partial charge < -0.3 is 10.1 Å². The number of thiazole rings is 1. The predicted octanol–water partition coefficient (Wildman–Crippen LogP) is 3.66. The van der Waals surface area contributed by atoms with Crippen LogP contribution < -0.4 is 5.32 Å². The second kappa shape index (κ2) is 7.01. The highest BCUT2D eigenvalue weighted by atomic mass is 32.1. The van der Waals surface area contributed by atoms with Gasteiger partial charge in [0.2, 0.25) is 0 Å². The monoisotopic (exact) mass is 296 g/mol. The van der Waals surface area contributed by atoms with Crippen molar-refractivity contribution in [2.24, 2.45) is 5.92 Å². The van der Waals surface area contributed by atoms with Crippen molar-refractivity contribution in [2.45, 2.75) is 58.4 Å². The smallest absolute Gasteiger partial charge is 0.113 e. The van der Waals surface area contributed by atoms with Gasteiger partial charge in [-0.25, -0.2) is 4.98 Å². The first kappa shape index (κ1) is 15.9. The molecule has 1 aliphatic carbocycles. The number of hydrogen-bond acceptors (Lipinski definition) is 4. The molecule has 1 fully saturated rings. The Balaban J connectivity index is 2.21. The molecular weight excluding hydrogens is 268 g/mol. The zero-order valence-electron chi connectivity index (χ0n) is 13.3. The third-order valence-corrected chi connectivity index (χ3v) is 5.82. The van der Waals surface area contributed by atoms with E-state index < -0.39 is 0 Å². The zero-order chi connectivity index (χ0) is 14.6. The molecular formula is C16H28N2OS. The molecule has 0 saturated heterocycles. The second-order valence-electron chi connectivity index (χ2n) is 5.89. The number of methoxy groups -OCH3 is 1. The Bertz CT molecular complexity index is 432. The fraction of sp³-hybridized carbons (Fsp3) is 0.812. The topological polar surface area (TPSA) is 34.2 Å². The first-order chi connectivity index (χ1) is 9.65. The lowest BCUT2D eigenvalue weighted by Gasteiger charge is -2.29. The Morgan fingerprint density at radius 2 is 2.25 bits per heavy atom.